The summed E-state index contributed by atoms with van der Waals surface area (Å²) in [6.45, 7) is 5.72. The largest absolute Gasteiger partial charge is 0.481 e. The lowest BCUT2D eigenvalue weighted by atomic mass is 9.96. The van der Waals surface area contributed by atoms with E-state index < -0.39 is 6.10 Å². The molecule has 1 aromatic rings. The summed E-state index contributed by atoms with van der Waals surface area (Å²) in [5.41, 5.74) is 7.55. The van der Waals surface area contributed by atoms with E-state index in [0.29, 0.717) is 11.2 Å². The number of thiocarbonyl (C=S) groups is 1. The van der Waals surface area contributed by atoms with Crippen LogP contribution in [0.1, 0.15) is 50.2 Å². The maximum absolute atomic E-state index is 12.2. The van der Waals surface area contributed by atoms with Gasteiger partial charge in [-0.25, -0.2) is 0 Å². The summed E-state index contributed by atoms with van der Waals surface area (Å²) in [5, 5.41) is 3.70. The SMILES string of the molecule is Cc1cccc(O[C@@H](C)C(=O)NNC(=S)NC2CCCCC2)c1C. The molecular weight excluding hydrogens is 322 g/mol. The van der Waals surface area contributed by atoms with Crippen LogP contribution in [0.5, 0.6) is 5.75 Å². The van der Waals surface area contributed by atoms with Gasteiger partial charge in [-0.1, -0.05) is 31.4 Å². The van der Waals surface area contributed by atoms with Crippen LogP contribution < -0.4 is 20.9 Å². The minimum Gasteiger partial charge on any atom is -0.481 e. The number of hydrogen-bond donors (Lipinski definition) is 3. The average molecular weight is 350 g/mol. The third-order valence-corrected chi connectivity index (χ3v) is 4.69. The first-order chi connectivity index (χ1) is 11.5. The predicted octanol–water partition coefficient (Wildman–Crippen LogP) is 2.90. The number of carbonyl (C=O) groups excluding carboxylic acids is 1. The molecular formula is C18H27N3O2S. The summed E-state index contributed by atoms with van der Waals surface area (Å²) < 4.78 is 5.75. The number of amides is 1. The molecule has 2 rings (SSSR count). The molecule has 0 bridgehead atoms. The van der Waals surface area contributed by atoms with Gasteiger partial charge < -0.3 is 10.1 Å². The minimum absolute atomic E-state index is 0.260. The number of nitrogens with one attached hydrogen (secondary N) is 3. The fourth-order valence-electron chi connectivity index (χ4n) is 2.78. The van der Waals surface area contributed by atoms with Crippen molar-refractivity contribution < 1.29 is 9.53 Å². The Morgan fingerprint density at radius 1 is 1.21 bits per heavy atom. The van der Waals surface area contributed by atoms with Crippen molar-refractivity contribution in [2.24, 2.45) is 0 Å². The molecule has 5 nitrogen and oxygen atoms in total. The van der Waals surface area contributed by atoms with Gasteiger partial charge in [-0.3, -0.25) is 15.6 Å². The van der Waals surface area contributed by atoms with E-state index in [1.54, 1.807) is 6.92 Å². The minimum atomic E-state index is -0.615. The fraction of sp³-hybridized carbons (Fsp3) is 0.556. The van der Waals surface area contributed by atoms with Crippen LogP contribution in [0.4, 0.5) is 0 Å². The van der Waals surface area contributed by atoms with E-state index in [2.05, 4.69) is 16.2 Å². The zero-order chi connectivity index (χ0) is 17.5. The Bertz CT molecular complexity index is 586. The molecule has 1 saturated carbocycles. The van der Waals surface area contributed by atoms with Crippen molar-refractivity contribution in [2.45, 2.75) is 65.0 Å². The lowest BCUT2D eigenvalue weighted by molar-refractivity contribution is -0.127. The number of aryl methyl sites for hydroxylation is 1. The highest BCUT2D eigenvalue weighted by atomic mass is 32.1. The van der Waals surface area contributed by atoms with E-state index in [1.165, 1.54) is 19.3 Å². The van der Waals surface area contributed by atoms with Crippen molar-refractivity contribution in [1.29, 1.82) is 0 Å². The van der Waals surface area contributed by atoms with Crippen molar-refractivity contribution in [3.63, 3.8) is 0 Å². The number of ether oxygens (including phenoxy) is 1. The summed E-state index contributed by atoms with van der Waals surface area (Å²) in [6.07, 6.45) is 5.39. The Labute approximate surface area is 149 Å². The molecule has 0 heterocycles. The van der Waals surface area contributed by atoms with E-state index in [4.69, 9.17) is 17.0 Å². The predicted molar refractivity (Wildman–Crippen MR) is 99.9 cm³/mol. The molecule has 0 unspecified atom stereocenters. The van der Waals surface area contributed by atoms with Crippen molar-refractivity contribution >= 4 is 23.2 Å². The number of benzene rings is 1. The first-order valence-corrected chi connectivity index (χ1v) is 8.97. The molecule has 1 aliphatic carbocycles. The molecule has 1 aliphatic rings. The zero-order valence-electron chi connectivity index (χ0n) is 14.6. The molecule has 1 aromatic carbocycles. The second-order valence-corrected chi connectivity index (χ2v) is 6.79. The van der Waals surface area contributed by atoms with Crippen LogP contribution in [0.2, 0.25) is 0 Å². The van der Waals surface area contributed by atoms with Gasteiger partial charge >= 0.3 is 0 Å². The highest BCUT2D eigenvalue weighted by Crippen LogP contribution is 2.21. The molecule has 0 radical (unpaired) electrons. The van der Waals surface area contributed by atoms with Gasteiger partial charge in [0.25, 0.3) is 5.91 Å². The summed E-state index contributed by atoms with van der Waals surface area (Å²) >= 11 is 5.23. The van der Waals surface area contributed by atoms with Gasteiger partial charge in [0, 0.05) is 6.04 Å². The lowest BCUT2D eigenvalue weighted by Crippen LogP contribution is -2.52. The third-order valence-electron chi connectivity index (χ3n) is 4.47. The van der Waals surface area contributed by atoms with E-state index in [0.717, 1.165) is 29.7 Å². The molecule has 24 heavy (non-hydrogen) atoms. The monoisotopic (exact) mass is 349 g/mol. The number of hydrogen-bond acceptors (Lipinski definition) is 3. The van der Waals surface area contributed by atoms with Crippen LogP contribution in [-0.2, 0) is 4.79 Å². The van der Waals surface area contributed by atoms with Crippen LogP contribution in [0, 0.1) is 13.8 Å². The molecule has 1 amide bonds. The van der Waals surface area contributed by atoms with Crippen LogP contribution >= 0.6 is 12.2 Å². The molecule has 1 fully saturated rings. The smallest absolute Gasteiger partial charge is 0.279 e. The van der Waals surface area contributed by atoms with Crippen molar-refractivity contribution in [1.82, 2.24) is 16.2 Å². The number of rotatable bonds is 4. The van der Waals surface area contributed by atoms with E-state index >= 15 is 0 Å². The highest BCUT2D eigenvalue weighted by molar-refractivity contribution is 7.80. The number of carbonyl (C=O) groups is 1. The topological polar surface area (TPSA) is 62.4 Å². The normalized spacial score (nSPS) is 16.1. The number of hydrazine groups is 1. The molecule has 6 heteroatoms. The Balaban J connectivity index is 1.76. The zero-order valence-corrected chi connectivity index (χ0v) is 15.5. The molecule has 132 valence electrons. The lowest BCUT2D eigenvalue weighted by Gasteiger charge is -2.24. The van der Waals surface area contributed by atoms with Crippen LogP contribution in [0.3, 0.4) is 0 Å². The summed E-state index contributed by atoms with van der Waals surface area (Å²) in [7, 11) is 0. The van der Waals surface area contributed by atoms with Crippen LogP contribution in [0.25, 0.3) is 0 Å². The van der Waals surface area contributed by atoms with Gasteiger partial charge in [0.05, 0.1) is 0 Å². The van der Waals surface area contributed by atoms with E-state index in [1.807, 2.05) is 32.0 Å². The van der Waals surface area contributed by atoms with E-state index in [-0.39, 0.29) is 5.91 Å². The third kappa shape index (κ3) is 5.37. The molecule has 0 spiro atoms. The molecule has 0 aromatic heterocycles. The summed E-state index contributed by atoms with van der Waals surface area (Å²) in [6, 6.07) is 6.21. The molecule has 1 atom stereocenters. The van der Waals surface area contributed by atoms with E-state index in [9.17, 15) is 4.79 Å². The second-order valence-electron chi connectivity index (χ2n) is 6.38. The summed E-state index contributed by atoms with van der Waals surface area (Å²) in [4.78, 5) is 12.2. The van der Waals surface area contributed by atoms with Gasteiger partial charge in [-0.2, -0.15) is 0 Å². The van der Waals surface area contributed by atoms with Crippen molar-refractivity contribution in [3.05, 3.63) is 29.3 Å². The first-order valence-electron chi connectivity index (χ1n) is 8.56. The van der Waals surface area contributed by atoms with Crippen molar-refractivity contribution in [3.8, 4) is 5.75 Å². The maximum atomic E-state index is 12.2. The second kappa shape index (κ2) is 8.87. The Morgan fingerprint density at radius 2 is 1.92 bits per heavy atom. The van der Waals surface area contributed by atoms with Gasteiger partial charge in [0.2, 0.25) is 0 Å². The van der Waals surface area contributed by atoms with Gasteiger partial charge in [0.15, 0.2) is 11.2 Å². The van der Waals surface area contributed by atoms with Crippen LogP contribution in [-0.4, -0.2) is 23.2 Å². The average Bonchev–Trinajstić information content (AvgIpc) is 2.57. The Morgan fingerprint density at radius 3 is 2.62 bits per heavy atom. The van der Waals surface area contributed by atoms with Crippen LogP contribution in [0.15, 0.2) is 18.2 Å². The first kappa shape index (κ1) is 18.5. The maximum Gasteiger partial charge on any atom is 0.279 e. The quantitative estimate of drug-likeness (QED) is 0.576. The molecule has 0 saturated heterocycles. The highest BCUT2D eigenvalue weighted by Gasteiger charge is 2.17. The van der Waals surface area contributed by atoms with Gasteiger partial charge in [-0.05, 0) is 63.0 Å². The van der Waals surface area contributed by atoms with Gasteiger partial charge in [-0.15, -0.1) is 0 Å². The summed E-state index contributed by atoms with van der Waals surface area (Å²) in [5.74, 6) is 0.462. The Kier molecular flexibility index (Phi) is 6.85. The van der Waals surface area contributed by atoms with Gasteiger partial charge in [0.1, 0.15) is 5.75 Å². The molecule has 3 N–H and O–H groups in total. The molecule has 0 aliphatic heterocycles. The van der Waals surface area contributed by atoms with Crippen molar-refractivity contribution in [2.75, 3.05) is 0 Å². The standard InChI is InChI=1S/C18H27N3O2S/c1-12-8-7-11-16(13(12)2)23-14(3)17(22)20-21-18(24)19-15-9-5-4-6-10-15/h7-8,11,14-15H,4-6,9-10H2,1-3H3,(H,20,22)(H2,19,21,24)/t14-/m0/s1. The fourth-order valence-corrected chi connectivity index (χ4v) is 3.00. The Hall–Kier alpha value is -1.82.